The highest BCUT2D eigenvalue weighted by molar-refractivity contribution is 7.17. The molecular weight excluding hydrogens is 486 g/mol. The Labute approximate surface area is 219 Å². The summed E-state index contributed by atoms with van der Waals surface area (Å²) in [4.78, 5) is 39.3. The van der Waals surface area contributed by atoms with Gasteiger partial charge in [-0.15, -0.1) is 11.3 Å². The first kappa shape index (κ1) is 25.9. The number of ether oxygens (including phenoxy) is 1. The fourth-order valence-corrected chi connectivity index (χ4v) is 4.86. The normalized spacial score (nSPS) is 11.6. The molecular formula is C29H29N3O4S. The molecule has 8 heteroatoms. The summed E-state index contributed by atoms with van der Waals surface area (Å²) in [5.74, 6) is -0.828. The van der Waals surface area contributed by atoms with Crippen LogP contribution in [0.25, 0.3) is 21.2 Å². The fourth-order valence-electron chi connectivity index (χ4n) is 3.92. The first-order chi connectivity index (χ1) is 17.9. The van der Waals surface area contributed by atoms with E-state index in [-0.39, 0.29) is 12.5 Å². The van der Waals surface area contributed by atoms with Gasteiger partial charge in [0.25, 0.3) is 11.8 Å². The van der Waals surface area contributed by atoms with Crippen LogP contribution in [0.2, 0.25) is 0 Å². The van der Waals surface area contributed by atoms with E-state index in [0.29, 0.717) is 11.3 Å². The van der Waals surface area contributed by atoms with Gasteiger partial charge < -0.3 is 10.1 Å². The van der Waals surface area contributed by atoms with Gasteiger partial charge in [0.15, 0.2) is 0 Å². The van der Waals surface area contributed by atoms with Gasteiger partial charge in [0.1, 0.15) is 12.6 Å². The molecule has 0 fully saturated rings. The van der Waals surface area contributed by atoms with Crippen molar-refractivity contribution in [2.45, 2.75) is 32.9 Å². The number of hydrogen-bond donors (Lipinski definition) is 3. The smallest absolute Gasteiger partial charge is 0.408 e. The number of benzene rings is 3. The highest BCUT2D eigenvalue weighted by atomic mass is 32.1. The Morgan fingerprint density at radius 2 is 1.57 bits per heavy atom. The molecule has 3 amide bonds. The van der Waals surface area contributed by atoms with Gasteiger partial charge in [-0.1, -0.05) is 86.6 Å². The lowest BCUT2D eigenvalue weighted by molar-refractivity contribution is -0.124. The molecule has 7 nitrogen and oxygen atoms in total. The van der Waals surface area contributed by atoms with Crippen LogP contribution in [-0.4, -0.2) is 23.9 Å². The average molecular weight is 516 g/mol. The Balaban J connectivity index is 1.35. The molecule has 0 aliphatic rings. The molecule has 0 bridgehead atoms. The van der Waals surface area contributed by atoms with Crippen LogP contribution in [0.15, 0.2) is 84.9 Å². The zero-order valence-electron chi connectivity index (χ0n) is 20.7. The summed E-state index contributed by atoms with van der Waals surface area (Å²) in [6, 6.07) is 26.2. The van der Waals surface area contributed by atoms with Crippen LogP contribution in [0.1, 0.15) is 35.5 Å². The Hall–Kier alpha value is -4.17. The highest BCUT2D eigenvalue weighted by Crippen LogP contribution is 2.33. The van der Waals surface area contributed by atoms with Crippen LogP contribution in [0.4, 0.5) is 4.79 Å². The number of hydrogen-bond acceptors (Lipinski definition) is 5. The number of hydrazine groups is 1. The fraction of sp³-hybridized carbons (Fsp3) is 0.207. The quantitative estimate of drug-likeness (QED) is 0.264. The molecule has 0 unspecified atom stereocenters. The van der Waals surface area contributed by atoms with Crippen molar-refractivity contribution in [3.05, 3.63) is 95.4 Å². The van der Waals surface area contributed by atoms with Crippen LogP contribution in [0.5, 0.6) is 0 Å². The van der Waals surface area contributed by atoms with Crippen molar-refractivity contribution in [3.8, 4) is 10.4 Å². The van der Waals surface area contributed by atoms with Crippen molar-refractivity contribution in [1.29, 1.82) is 0 Å². The minimum Gasteiger partial charge on any atom is -0.445 e. The number of carbonyl (C=O) groups is 3. The first-order valence-electron chi connectivity index (χ1n) is 12.1. The molecule has 1 atom stereocenters. The maximum absolute atomic E-state index is 12.8. The lowest BCUT2D eigenvalue weighted by Gasteiger charge is -2.20. The molecule has 0 saturated heterocycles. The average Bonchev–Trinajstić information content (AvgIpc) is 3.40. The van der Waals surface area contributed by atoms with E-state index in [9.17, 15) is 14.4 Å². The zero-order valence-corrected chi connectivity index (χ0v) is 21.5. The first-order valence-corrected chi connectivity index (χ1v) is 12.9. The standard InChI is InChI=1S/C29H29N3O4S/c1-19(2)17-24(30-29(35)36-18-20-9-4-3-5-10-20)27(33)31-32-28(34)26-16-15-25(37-26)23-14-8-12-21-11-6-7-13-22(21)23/h3-16,19,24H,17-18H2,1-2H3,(H,30,35)(H,31,33)(H,32,34)/t24-/m0/s1. The van der Waals surface area contributed by atoms with E-state index in [1.807, 2.05) is 74.5 Å². The lowest BCUT2D eigenvalue weighted by Crippen LogP contribution is -2.52. The van der Waals surface area contributed by atoms with Gasteiger partial charge in [-0.2, -0.15) is 0 Å². The minimum absolute atomic E-state index is 0.0941. The molecule has 4 aromatic rings. The maximum atomic E-state index is 12.8. The van der Waals surface area contributed by atoms with Crippen LogP contribution < -0.4 is 16.2 Å². The third-order valence-electron chi connectivity index (χ3n) is 5.71. The molecule has 37 heavy (non-hydrogen) atoms. The number of fused-ring (bicyclic) bond motifs is 1. The molecule has 1 aromatic heterocycles. The SMILES string of the molecule is CC(C)C[C@H](NC(=O)OCc1ccccc1)C(=O)NNC(=O)c1ccc(-c2cccc3ccccc23)s1. The third-order valence-corrected chi connectivity index (χ3v) is 6.83. The van der Waals surface area contributed by atoms with Crippen molar-refractivity contribution in [3.63, 3.8) is 0 Å². The summed E-state index contributed by atoms with van der Waals surface area (Å²) in [6.45, 7) is 3.98. The highest BCUT2D eigenvalue weighted by Gasteiger charge is 2.23. The summed E-state index contributed by atoms with van der Waals surface area (Å²) in [6.07, 6.45) is -0.319. The van der Waals surface area contributed by atoms with E-state index in [2.05, 4.69) is 34.4 Å². The molecule has 0 radical (unpaired) electrons. The van der Waals surface area contributed by atoms with Gasteiger partial charge in [0.05, 0.1) is 4.88 Å². The predicted molar refractivity (Wildman–Crippen MR) is 146 cm³/mol. The predicted octanol–water partition coefficient (Wildman–Crippen LogP) is 5.67. The van der Waals surface area contributed by atoms with Crippen LogP contribution in [0.3, 0.4) is 0 Å². The Morgan fingerprint density at radius 1 is 0.838 bits per heavy atom. The third kappa shape index (κ3) is 6.95. The van der Waals surface area contributed by atoms with Gasteiger partial charge >= 0.3 is 6.09 Å². The second kappa shape index (κ2) is 12.2. The van der Waals surface area contributed by atoms with E-state index >= 15 is 0 Å². The lowest BCUT2D eigenvalue weighted by atomic mass is 10.0. The minimum atomic E-state index is -0.863. The van der Waals surface area contributed by atoms with Gasteiger partial charge in [0.2, 0.25) is 0 Å². The van der Waals surface area contributed by atoms with E-state index < -0.39 is 23.9 Å². The largest absolute Gasteiger partial charge is 0.445 e. The molecule has 0 aliphatic heterocycles. The molecule has 3 N–H and O–H groups in total. The second-order valence-electron chi connectivity index (χ2n) is 9.02. The summed E-state index contributed by atoms with van der Waals surface area (Å²) in [7, 11) is 0. The van der Waals surface area contributed by atoms with Gasteiger partial charge in [-0.25, -0.2) is 4.79 Å². The van der Waals surface area contributed by atoms with Crippen LogP contribution >= 0.6 is 11.3 Å². The van der Waals surface area contributed by atoms with Crippen molar-refractivity contribution in [1.82, 2.24) is 16.2 Å². The Morgan fingerprint density at radius 3 is 2.35 bits per heavy atom. The molecule has 1 heterocycles. The summed E-state index contributed by atoms with van der Waals surface area (Å²) in [5, 5.41) is 4.83. The summed E-state index contributed by atoms with van der Waals surface area (Å²) < 4.78 is 5.24. The number of carbonyl (C=O) groups excluding carboxylic acids is 3. The number of nitrogens with one attached hydrogen (secondary N) is 3. The zero-order chi connectivity index (χ0) is 26.2. The van der Waals surface area contributed by atoms with E-state index in [0.717, 1.165) is 26.8 Å². The Kier molecular flexibility index (Phi) is 8.53. The number of rotatable bonds is 8. The number of amides is 3. The number of alkyl carbamates (subject to hydrolysis) is 1. The van der Waals surface area contributed by atoms with Crippen molar-refractivity contribution < 1.29 is 19.1 Å². The summed E-state index contributed by atoms with van der Waals surface area (Å²) in [5.41, 5.74) is 6.79. The van der Waals surface area contributed by atoms with Gasteiger partial charge in [0, 0.05) is 4.88 Å². The molecule has 4 rings (SSSR count). The molecule has 0 aliphatic carbocycles. The topological polar surface area (TPSA) is 96.5 Å². The number of thiophene rings is 1. The summed E-state index contributed by atoms with van der Waals surface area (Å²) >= 11 is 1.34. The Bertz CT molecular complexity index is 1380. The van der Waals surface area contributed by atoms with E-state index in [1.165, 1.54) is 11.3 Å². The van der Waals surface area contributed by atoms with Gasteiger partial charge in [-0.05, 0) is 46.4 Å². The van der Waals surface area contributed by atoms with Crippen molar-refractivity contribution >= 4 is 40.0 Å². The van der Waals surface area contributed by atoms with Crippen LogP contribution in [0, 0.1) is 5.92 Å². The molecule has 190 valence electrons. The maximum Gasteiger partial charge on any atom is 0.408 e. The molecule has 0 spiro atoms. The van der Waals surface area contributed by atoms with E-state index in [4.69, 9.17) is 4.74 Å². The molecule has 3 aromatic carbocycles. The van der Waals surface area contributed by atoms with Gasteiger partial charge in [-0.3, -0.25) is 20.4 Å². The van der Waals surface area contributed by atoms with E-state index in [1.54, 1.807) is 6.07 Å². The van der Waals surface area contributed by atoms with Crippen molar-refractivity contribution in [2.24, 2.45) is 5.92 Å². The van der Waals surface area contributed by atoms with Crippen molar-refractivity contribution in [2.75, 3.05) is 0 Å². The van der Waals surface area contributed by atoms with Crippen LogP contribution in [-0.2, 0) is 16.1 Å². The monoisotopic (exact) mass is 515 g/mol. The second-order valence-corrected chi connectivity index (χ2v) is 10.1. The molecule has 0 saturated carbocycles.